The van der Waals surface area contributed by atoms with Crippen LogP contribution in [-0.2, 0) is 18.4 Å². The number of rotatable bonds is 8. The lowest BCUT2D eigenvalue weighted by atomic mass is 9.88. The van der Waals surface area contributed by atoms with Gasteiger partial charge >= 0.3 is 0 Å². The van der Waals surface area contributed by atoms with Crippen molar-refractivity contribution in [2.45, 2.75) is 88.0 Å². The maximum Gasteiger partial charge on any atom is 0.251 e. The number of hydrogen-bond donors (Lipinski definition) is 1. The highest BCUT2D eigenvalue weighted by molar-refractivity contribution is 7.99. The van der Waals surface area contributed by atoms with E-state index in [-0.39, 0.29) is 18.4 Å². The number of hydrogen-bond acceptors (Lipinski definition) is 5. The Kier molecular flexibility index (Phi) is 9.36. The number of amides is 2. The molecule has 2 aromatic rings. The minimum Gasteiger partial charge on any atom is -0.345 e. The van der Waals surface area contributed by atoms with Crippen LogP contribution in [0.5, 0.6) is 0 Å². The summed E-state index contributed by atoms with van der Waals surface area (Å²) in [6.45, 7) is 0.216. The molecule has 2 fully saturated rings. The summed E-state index contributed by atoms with van der Waals surface area (Å²) < 4.78 is 1.83. The predicted molar refractivity (Wildman–Crippen MR) is 140 cm³/mol. The molecule has 1 aromatic carbocycles. The van der Waals surface area contributed by atoms with E-state index in [1.807, 2.05) is 11.6 Å². The Balaban J connectivity index is 1.35. The van der Waals surface area contributed by atoms with Gasteiger partial charge in [-0.15, -0.1) is 10.2 Å². The molecule has 1 heterocycles. The Morgan fingerprint density at radius 1 is 1.00 bits per heavy atom. The molecule has 10 heteroatoms. The van der Waals surface area contributed by atoms with Gasteiger partial charge in [-0.3, -0.25) is 9.59 Å². The summed E-state index contributed by atoms with van der Waals surface area (Å²) in [4.78, 5) is 28.1. The van der Waals surface area contributed by atoms with Crippen molar-refractivity contribution < 1.29 is 9.59 Å². The zero-order valence-electron chi connectivity index (χ0n) is 20.1. The van der Waals surface area contributed by atoms with Crippen LogP contribution in [0, 0.1) is 0 Å². The molecule has 0 spiro atoms. The number of halogens is 2. The van der Waals surface area contributed by atoms with Crippen LogP contribution >= 0.6 is 35.0 Å². The summed E-state index contributed by atoms with van der Waals surface area (Å²) in [5, 5.41) is 12.7. The largest absolute Gasteiger partial charge is 0.345 e. The van der Waals surface area contributed by atoms with Crippen molar-refractivity contribution in [3.63, 3.8) is 0 Å². The van der Waals surface area contributed by atoms with Gasteiger partial charge in [-0.2, -0.15) is 0 Å². The number of nitrogens with one attached hydrogen (secondary N) is 1. The fourth-order valence-corrected chi connectivity index (χ4v) is 6.25. The zero-order valence-corrected chi connectivity index (χ0v) is 22.5. The molecule has 4 rings (SSSR count). The second-order valence-electron chi connectivity index (χ2n) is 9.44. The van der Waals surface area contributed by atoms with Crippen molar-refractivity contribution in [3.05, 3.63) is 39.6 Å². The molecule has 0 saturated heterocycles. The monoisotopic (exact) mass is 537 g/mol. The molecule has 7 nitrogen and oxygen atoms in total. The minimum atomic E-state index is -0.272. The van der Waals surface area contributed by atoms with Gasteiger partial charge in [-0.1, -0.05) is 73.5 Å². The van der Waals surface area contributed by atoms with E-state index >= 15 is 0 Å². The van der Waals surface area contributed by atoms with Gasteiger partial charge < -0.3 is 14.8 Å². The van der Waals surface area contributed by atoms with E-state index in [1.165, 1.54) is 56.4 Å². The lowest BCUT2D eigenvalue weighted by Gasteiger charge is -2.41. The summed E-state index contributed by atoms with van der Waals surface area (Å²) >= 11 is 13.4. The molecule has 0 atom stereocenters. The Morgan fingerprint density at radius 2 is 1.63 bits per heavy atom. The highest BCUT2D eigenvalue weighted by atomic mass is 35.5. The third-order valence-corrected chi connectivity index (χ3v) is 8.81. The maximum absolute atomic E-state index is 13.4. The van der Waals surface area contributed by atoms with Gasteiger partial charge in [0.05, 0.1) is 22.3 Å². The summed E-state index contributed by atoms with van der Waals surface area (Å²) in [5.41, 5.74) is 0.423. The number of aromatic nitrogens is 3. The smallest absolute Gasteiger partial charge is 0.251 e. The van der Waals surface area contributed by atoms with Crippen molar-refractivity contribution in [1.82, 2.24) is 25.0 Å². The topological polar surface area (TPSA) is 80.1 Å². The molecule has 190 valence electrons. The third kappa shape index (κ3) is 6.71. The van der Waals surface area contributed by atoms with Crippen LogP contribution in [0.1, 0.15) is 80.4 Å². The van der Waals surface area contributed by atoms with Crippen LogP contribution in [0.15, 0.2) is 23.4 Å². The van der Waals surface area contributed by atoms with E-state index in [9.17, 15) is 9.59 Å². The molecule has 2 amide bonds. The molecule has 0 unspecified atom stereocenters. The zero-order chi connectivity index (χ0) is 24.8. The first kappa shape index (κ1) is 26.3. The Hall–Kier alpha value is -1.77. The first-order chi connectivity index (χ1) is 16.9. The van der Waals surface area contributed by atoms with Crippen LogP contribution in [0.3, 0.4) is 0 Å². The van der Waals surface area contributed by atoms with E-state index < -0.39 is 0 Å². The summed E-state index contributed by atoms with van der Waals surface area (Å²) in [6.07, 6.45) is 11.9. The van der Waals surface area contributed by atoms with Crippen LogP contribution in [0.2, 0.25) is 10.0 Å². The van der Waals surface area contributed by atoms with Crippen molar-refractivity contribution >= 4 is 46.8 Å². The van der Waals surface area contributed by atoms with E-state index in [0.29, 0.717) is 44.4 Å². The summed E-state index contributed by atoms with van der Waals surface area (Å²) in [6, 6.07) is 5.51. The van der Waals surface area contributed by atoms with Crippen LogP contribution in [0.25, 0.3) is 0 Å². The van der Waals surface area contributed by atoms with Crippen molar-refractivity contribution in [3.8, 4) is 0 Å². The standard InChI is InChI=1S/C25H33Cl2N5O2S/c1-31-22(15-28-24(34)17-12-13-20(26)21(27)14-17)29-30-25(31)35-16-23(33)32(18-8-4-2-5-9-18)19-10-6-3-7-11-19/h12-14,18-19H,2-11,15-16H2,1H3,(H,28,34). The van der Waals surface area contributed by atoms with Gasteiger partial charge in [0.15, 0.2) is 11.0 Å². The lowest BCUT2D eigenvalue weighted by molar-refractivity contribution is -0.135. The number of nitrogens with zero attached hydrogens (tertiary/aromatic N) is 4. The highest BCUT2D eigenvalue weighted by Gasteiger charge is 2.32. The molecular formula is C25H33Cl2N5O2S. The number of benzene rings is 1. The Bertz CT molecular complexity index is 1020. The van der Waals surface area contributed by atoms with Gasteiger partial charge in [-0.25, -0.2) is 0 Å². The van der Waals surface area contributed by atoms with Crippen LogP contribution < -0.4 is 5.32 Å². The van der Waals surface area contributed by atoms with Crippen molar-refractivity contribution in [2.75, 3.05) is 5.75 Å². The second-order valence-corrected chi connectivity index (χ2v) is 11.2. The third-order valence-electron chi connectivity index (χ3n) is 7.06. The molecule has 35 heavy (non-hydrogen) atoms. The molecule has 1 aromatic heterocycles. The SMILES string of the molecule is Cn1c(CNC(=O)c2ccc(Cl)c(Cl)c2)nnc1SCC(=O)N(C1CCCCC1)C1CCCCC1. The van der Waals surface area contributed by atoms with Gasteiger partial charge in [0.25, 0.3) is 5.91 Å². The molecule has 0 radical (unpaired) electrons. The Labute approximate surface area is 221 Å². The molecule has 0 bridgehead atoms. The quantitative estimate of drug-likeness (QED) is 0.440. The van der Waals surface area contributed by atoms with E-state index in [0.717, 1.165) is 25.7 Å². The number of carbonyl (C=O) groups excluding carboxylic acids is 2. The van der Waals surface area contributed by atoms with Gasteiger partial charge in [0.2, 0.25) is 5.91 Å². The van der Waals surface area contributed by atoms with Gasteiger partial charge in [0, 0.05) is 24.7 Å². The molecule has 1 N–H and O–H groups in total. The van der Waals surface area contributed by atoms with Gasteiger partial charge in [-0.05, 0) is 43.9 Å². The Morgan fingerprint density at radius 3 is 2.23 bits per heavy atom. The summed E-state index contributed by atoms with van der Waals surface area (Å²) in [7, 11) is 1.85. The van der Waals surface area contributed by atoms with Crippen molar-refractivity contribution in [2.24, 2.45) is 7.05 Å². The maximum atomic E-state index is 13.4. The van der Waals surface area contributed by atoms with Crippen LogP contribution in [-0.4, -0.2) is 49.3 Å². The average Bonchev–Trinajstić information content (AvgIpc) is 3.23. The van der Waals surface area contributed by atoms with Crippen molar-refractivity contribution in [1.29, 1.82) is 0 Å². The average molecular weight is 539 g/mol. The molecular weight excluding hydrogens is 505 g/mol. The predicted octanol–water partition coefficient (Wildman–Crippen LogP) is 5.64. The normalized spacial score (nSPS) is 17.3. The molecule has 2 saturated carbocycles. The summed E-state index contributed by atoms with van der Waals surface area (Å²) in [5.74, 6) is 0.914. The molecule has 2 aliphatic carbocycles. The van der Waals surface area contributed by atoms with E-state index in [2.05, 4.69) is 20.4 Å². The fourth-order valence-electron chi connectivity index (χ4n) is 5.15. The second kappa shape index (κ2) is 12.5. The number of thioether (sulfide) groups is 1. The highest BCUT2D eigenvalue weighted by Crippen LogP contribution is 2.31. The van der Waals surface area contributed by atoms with Crippen LogP contribution in [0.4, 0.5) is 0 Å². The van der Waals surface area contributed by atoms with E-state index in [4.69, 9.17) is 23.2 Å². The molecule has 2 aliphatic rings. The number of carbonyl (C=O) groups is 2. The lowest BCUT2D eigenvalue weighted by Crippen LogP contribution is -2.49. The molecule has 0 aliphatic heterocycles. The first-order valence-corrected chi connectivity index (χ1v) is 14.2. The first-order valence-electron chi connectivity index (χ1n) is 12.5. The van der Waals surface area contributed by atoms with Gasteiger partial charge in [0.1, 0.15) is 0 Å². The fraction of sp³-hybridized carbons (Fsp3) is 0.600. The van der Waals surface area contributed by atoms with E-state index in [1.54, 1.807) is 12.1 Å². The minimum absolute atomic E-state index is 0.214.